The van der Waals surface area contributed by atoms with Gasteiger partial charge in [0.05, 0.1) is 36.9 Å². The summed E-state index contributed by atoms with van der Waals surface area (Å²) in [5.74, 6) is -1.25. The monoisotopic (exact) mass is 273 g/mol. The second-order valence-corrected chi connectivity index (χ2v) is 4.77. The van der Waals surface area contributed by atoms with Crippen LogP contribution in [0.2, 0.25) is 5.02 Å². The van der Waals surface area contributed by atoms with Gasteiger partial charge in [-0.1, -0.05) is 11.6 Å². The molecule has 0 spiro atoms. The molecule has 0 aromatic carbocycles. The van der Waals surface area contributed by atoms with E-state index in [2.05, 4.69) is 10.00 Å². The molecule has 1 fully saturated rings. The molecule has 1 aliphatic rings. The third kappa shape index (κ3) is 3.69. The Morgan fingerprint density at radius 2 is 2.44 bits per heavy atom. The van der Waals surface area contributed by atoms with Crippen LogP contribution in [0.3, 0.4) is 0 Å². The SMILES string of the molecule is O=C(O)C1COCCN(CCn2cc(Cl)cn2)C1. The summed E-state index contributed by atoms with van der Waals surface area (Å²) in [5, 5.41) is 13.7. The molecule has 0 bridgehead atoms. The molecule has 1 atom stereocenters. The number of hydrogen-bond donors (Lipinski definition) is 1. The molecule has 2 heterocycles. The fourth-order valence-electron chi connectivity index (χ4n) is 1.93. The van der Waals surface area contributed by atoms with Crippen LogP contribution in [0.4, 0.5) is 0 Å². The highest BCUT2D eigenvalue weighted by Crippen LogP contribution is 2.08. The van der Waals surface area contributed by atoms with Crippen molar-refractivity contribution in [2.45, 2.75) is 6.54 Å². The Hall–Kier alpha value is -1.11. The Balaban J connectivity index is 1.85. The van der Waals surface area contributed by atoms with Crippen molar-refractivity contribution < 1.29 is 14.6 Å². The number of hydrogen-bond acceptors (Lipinski definition) is 4. The van der Waals surface area contributed by atoms with E-state index in [1.807, 2.05) is 0 Å². The van der Waals surface area contributed by atoms with Crippen molar-refractivity contribution in [1.82, 2.24) is 14.7 Å². The van der Waals surface area contributed by atoms with Gasteiger partial charge in [-0.25, -0.2) is 0 Å². The Labute approximate surface area is 110 Å². The van der Waals surface area contributed by atoms with E-state index in [1.54, 1.807) is 17.1 Å². The molecular formula is C11H16ClN3O3. The van der Waals surface area contributed by atoms with Gasteiger partial charge in [0.25, 0.3) is 0 Å². The van der Waals surface area contributed by atoms with Crippen molar-refractivity contribution in [3.05, 3.63) is 17.4 Å². The van der Waals surface area contributed by atoms with Gasteiger partial charge in [0.1, 0.15) is 0 Å². The smallest absolute Gasteiger partial charge is 0.310 e. The van der Waals surface area contributed by atoms with Crippen molar-refractivity contribution in [3.8, 4) is 0 Å². The summed E-state index contributed by atoms with van der Waals surface area (Å²) in [6.07, 6.45) is 3.34. The van der Waals surface area contributed by atoms with Crippen LogP contribution >= 0.6 is 11.6 Å². The van der Waals surface area contributed by atoms with Gasteiger partial charge in [-0.2, -0.15) is 5.10 Å². The first-order chi connectivity index (χ1) is 8.65. The van der Waals surface area contributed by atoms with Crippen molar-refractivity contribution in [1.29, 1.82) is 0 Å². The zero-order valence-electron chi connectivity index (χ0n) is 9.96. The van der Waals surface area contributed by atoms with E-state index >= 15 is 0 Å². The highest BCUT2D eigenvalue weighted by atomic mass is 35.5. The van der Waals surface area contributed by atoms with Crippen LogP contribution in [0.5, 0.6) is 0 Å². The van der Waals surface area contributed by atoms with Gasteiger partial charge < -0.3 is 9.84 Å². The number of carboxylic acid groups (broad SMARTS) is 1. The zero-order valence-corrected chi connectivity index (χ0v) is 10.7. The van der Waals surface area contributed by atoms with E-state index < -0.39 is 11.9 Å². The fraction of sp³-hybridized carbons (Fsp3) is 0.636. The van der Waals surface area contributed by atoms with Crippen LogP contribution in [0.25, 0.3) is 0 Å². The van der Waals surface area contributed by atoms with Gasteiger partial charge >= 0.3 is 5.97 Å². The molecule has 100 valence electrons. The average Bonchev–Trinajstić information content (AvgIpc) is 2.62. The number of ether oxygens (including phenoxy) is 1. The lowest BCUT2D eigenvalue weighted by Gasteiger charge is -2.21. The second kappa shape index (κ2) is 6.17. The molecule has 7 heteroatoms. The van der Waals surface area contributed by atoms with Crippen LogP contribution in [0.15, 0.2) is 12.4 Å². The zero-order chi connectivity index (χ0) is 13.0. The largest absolute Gasteiger partial charge is 0.481 e. The van der Waals surface area contributed by atoms with Crippen LogP contribution in [0.1, 0.15) is 0 Å². The van der Waals surface area contributed by atoms with E-state index in [4.69, 9.17) is 21.4 Å². The van der Waals surface area contributed by atoms with E-state index in [0.717, 1.165) is 13.1 Å². The second-order valence-electron chi connectivity index (χ2n) is 4.33. The number of aliphatic carboxylic acids is 1. The Morgan fingerprint density at radius 1 is 1.61 bits per heavy atom. The maximum absolute atomic E-state index is 11.0. The first-order valence-corrected chi connectivity index (χ1v) is 6.24. The minimum absolute atomic E-state index is 0.291. The maximum atomic E-state index is 11.0. The first-order valence-electron chi connectivity index (χ1n) is 5.86. The van der Waals surface area contributed by atoms with Crippen LogP contribution in [-0.4, -0.2) is 58.6 Å². The van der Waals surface area contributed by atoms with Crippen molar-refractivity contribution in [2.24, 2.45) is 5.92 Å². The summed E-state index contributed by atoms with van der Waals surface area (Å²) in [6, 6.07) is 0. The standard InChI is InChI=1S/C11H16ClN3O3/c12-10-5-13-15(7-10)2-1-14-3-4-18-8-9(6-14)11(16)17/h5,7,9H,1-4,6,8H2,(H,16,17). The molecule has 1 saturated heterocycles. The van der Waals surface area contributed by atoms with Gasteiger partial charge in [0.2, 0.25) is 0 Å². The summed E-state index contributed by atoms with van der Waals surface area (Å²) in [5.41, 5.74) is 0. The molecule has 2 rings (SSSR count). The molecule has 0 radical (unpaired) electrons. The summed E-state index contributed by atoms with van der Waals surface area (Å²) >= 11 is 5.78. The van der Waals surface area contributed by atoms with Gasteiger partial charge in [-0.15, -0.1) is 0 Å². The van der Waals surface area contributed by atoms with Gasteiger partial charge in [0, 0.05) is 25.8 Å². The first kappa shape index (κ1) is 13.3. The lowest BCUT2D eigenvalue weighted by atomic mass is 10.1. The van der Waals surface area contributed by atoms with Crippen molar-refractivity contribution in [3.63, 3.8) is 0 Å². The fourth-order valence-corrected chi connectivity index (χ4v) is 2.09. The summed E-state index contributed by atoms with van der Waals surface area (Å²) in [7, 11) is 0. The normalized spacial score (nSPS) is 21.7. The quantitative estimate of drug-likeness (QED) is 0.869. The number of carbonyl (C=O) groups is 1. The van der Waals surface area contributed by atoms with E-state index in [1.165, 1.54) is 0 Å². The molecule has 1 aromatic rings. The minimum atomic E-state index is -0.802. The van der Waals surface area contributed by atoms with E-state index in [-0.39, 0.29) is 0 Å². The molecule has 0 saturated carbocycles. The minimum Gasteiger partial charge on any atom is -0.481 e. The average molecular weight is 274 g/mol. The third-order valence-electron chi connectivity index (χ3n) is 2.95. The molecular weight excluding hydrogens is 258 g/mol. The Bertz CT molecular complexity index is 410. The van der Waals surface area contributed by atoms with Gasteiger partial charge in [-0.05, 0) is 0 Å². The topological polar surface area (TPSA) is 67.6 Å². The molecule has 6 nitrogen and oxygen atoms in total. The summed E-state index contributed by atoms with van der Waals surface area (Å²) in [4.78, 5) is 13.1. The maximum Gasteiger partial charge on any atom is 0.310 e. The number of nitrogens with zero attached hydrogens (tertiary/aromatic N) is 3. The lowest BCUT2D eigenvalue weighted by molar-refractivity contribution is -0.143. The van der Waals surface area contributed by atoms with Crippen LogP contribution in [-0.2, 0) is 16.1 Å². The molecule has 1 N–H and O–H groups in total. The molecule has 0 amide bonds. The van der Waals surface area contributed by atoms with E-state index in [0.29, 0.717) is 31.3 Å². The van der Waals surface area contributed by atoms with Gasteiger partial charge in [0.15, 0.2) is 0 Å². The number of rotatable bonds is 4. The van der Waals surface area contributed by atoms with Crippen LogP contribution < -0.4 is 0 Å². The predicted molar refractivity (Wildman–Crippen MR) is 65.6 cm³/mol. The highest BCUT2D eigenvalue weighted by molar-refractivity contribution is 6.30. The molecule has 1 unspecified atom stereocenters. The number of halogens is 1. The summed E-state index contributed by atoms with van der Waals surface area (Å²) < 4.78 is 7.04. The van der Waals surface area contributed by atoms with Crippen molar-refractivity contribution >= 4 is 17.6 Å². The van der Waals surface area contributed by atoms with Gasteiger partial charge in [-0.3, -0.25) is 14.4 Å². The Kier molecular flexibility index (Phi) is 4.57. The third-order valence-corrected chi connectivity index (χ3v) is 3.14. The molecule has 1 aliphatic heterocycles. The molecule has 18 heavy (non-hydrogen) atoms. The Morgan fingerprint density at radius 3 is 3.11 bits per heavy atom. The van der Waals surface area contributed by atoms with Crippen LogP contribution in [0, 0.1) is 5.92 Å². The van der Waals surface area contributed by atoms with E-state index in [9.17, 15) is 4.79 Å². The summed E-state index contributed by atoms with van der Waals surface area (Å²) in [6.45, 7) is 3.57. The van der Waals surface area contributed by atoms with Crippen molar-refractivity contribution in [2.75, 3.05) is 32.8 Å². The highest BCUT2D eigenvalue weighted by Gasteiger charge is 2.24. The number of carboxylic acids is 1. The number of aromatic nitrogens is 2. The molecule has 0 aliphatic carbocycles. The molecule has 1 aromatic heterocycles. The lowest BCUT2D eigenvalue weighted by Crippen LogP contribution is -2.35. The predicted octanol–water partition coefficient (Wildman–Crippen LogP) is 0.569.